The molecule has 90 valence electrons. The van der Waals surface area contributed by atoms with Crippen molar-refractivity contribution < 1.29 is 19.9 Å². The molecule has 0 aromatic heterocycles. The summed E-state index contributed by atoms with van der Waals surface area (Å²) in [5.41, 5.74) is 5.40. The molecule has 6 nitrogen and oxygen atoms in total. The molecule has 0 radical (unpaired) electrons. The van der Waals surface area contributed by atoms with E-state index >= 15 is 0 Å². The predicted molar refractivity (Wildman–Crippen MR) is 53.8 cm³/mol. The highest BCUT2D eigenvalue weighted by atomic mass is 16.7. The Balaban J connectivity index is 0.000000151. The predicted octanol–water partition coefficient (Wildman–Crippen LogP) is -1.07. The fourth-order valence-electron chi connectivity index (χ4n) is 1.37. The standard InChI is InChI=1S/C5H11NO2.C4H9NO2/c7-4-2-5-1-3-6-8-5;6-3-4-1-2-7-5-4/h5-7H,1-4H2;4-6H,1-3H2. The molecule has 2 fully saturated rings. The fraction of sp³-hybridized carbons (Fsp3) is 1.00. The SMILES string of the molecule is OCC1CCON1.OCCC1CCNO1. The van der Waals surface area contributed by atoms with Crippen LogP contribution in [0, 0.1) is 0 Å². The summed E-state index contributed by atoms with van der Waals surface area (Å²) in [6.07, 6.45) is 2.96. The third-order valence-electron chi connectivity index (χ3n) is 2.31. The number of aliphatic hydroxyl groups is 2. The molecular formula is C9H20N2O4. The normalized spacial score (nSPS) is 30.0. The first-order valence-corrected chi connectivity index (χ1v) is 5.34. The molecule has 0 amide bonds. The van der Waals surface area contributed by atoms with Crippen molar-refractivity contribution in [1.29, 1.82) is 0 Å². The Labute approximate surface area is 89.5 Å². The topological polar surface area (TPSA) is 83.0 Å². The number of hydrogen-bond acceptors (Lipinski definition) is 6. The first-order valence-electron chi connectivity index (χ1n) is 5.34. The molecule has 0 saturated carbocycles. The average Bonchev–Trinajstić information content (AvgIpc) is 2.91. The highest BCUT2D eigenvalue weighted by Gasteiger charge is 2.13. The highest BCUT2D eigenvalue weighted by Crippen LogP contribution is 2.05. The van der Waals surface area contributed by atoms with Crippen molar-refractivity contribution in [2.24, 2.45) is 0 Å². The number of nitrogens with one attached hydrogen (secondary N) is 2. The molecule has 2 aliphatic rings. The van der Waals surface area contributed by atoms with Crippen molar-refractivity contribution in [2.75, 3.05) is 26.4 Å². The maximum absolute atomic E-state index is 8.42. The van der Waals surface area contributed by atoms with Crippen LogP contribution in [0.3, 0.4) is 0 Å². The van der Waals surface area contributed by atoms with Gasteiger partial charge in [0.1, 0.15) is 0 Å². The Morgan fingerprint density at radius 1 is 1.27 bits per heavy atom. The van der Waals surface area contributed by atoms with E-state index in [2.05, 4.69) is 11.0 Å². The van der Waals surface area contributed by atoms with Crippen molar-refractivity contribution >= 4 is 0 Å². The van der Waals surface area contributed by atoms with Gasteiger partial charge in [0.15, 0.2) is 0 Å². The van der Waals surface area contributed by atoms with Gasteiger partial charge < -0.3 is 15.1 Å². The van der Waals surface area contributed by atoms with E-state index in [0.717, 1.165) is 32.4 Å². The zero-order valence-electron chi connectivity index (χ0n) is 8.82. The maximum Gasteiger partial charge on any atom is 0.0825 e. The summed E-state index contributed by atoms with van der Waals surface area (Å²) in [6.45, 7) is 2.06. The summed E-state index contributed by atoms with van der Waals surface area (Å²) < 4.78 is 0. The largest absolute Gasteiger partial charge is 0.396 e. The van der Waals surface area contributed by atoms with E-state index in [1.54, 1.807) is 0 Å². The second-order valence-electron chi connectivity index (χ2n) is 3.57. The van der Waals surface area contributed by atoms with Crippen molar-refractivity contribution in [3.63, 3.8) is 0 Å². The molecule has 2 heterocycles. The second-order valence-corrected chi connectivity index (χ2v) is 3.57. The van der Waals surface area contributed by atoms with Gasteiger partial charge in [-0.15, -0.1) is 0 Å². The Bertz CT molecular complexity index is 147. The molecule has 0 aromatic carbocycles. The average molecular weight is 220 g/mol. The van der Waals surface area contributed by atoms with Gasteiger partial charge in [-0.25, -0.2) is 5.48 Å². The lowest BCUT2D eigenvalue weighted by molar-refractivity contribution is 0.0208. The van der Waals surface area contributed by atoms with Crippen LogP contribution in [0.4, 0.5) is 0 Å². The molecule has 0 aliphatic carbocycles. The zero-order chi connectivity index (χ0) is 10.9. The summed E-state index contributed by atoms with van der Waals surface area (Å²) in [4.78, 5) is 9.72. The van der Waals surface area contributed by atoms with Crippen molar-refractivity contribution in [3.05, 3.63) is 0 Å². The fourth-order valence-corrected chi connectivity index (χ4v) is 1.37. The van der Waals surface area contributed by atoms with Crippen LogP contribution in [0.15, 0.2) is 0 Å². The molecule has 2 unspecified atom stereocenters. The van der Waals surface area contributed by atoms with Gasteiger partial charge in [-0.3, -0.25) is 4.84 Å². The number of hydroxylamine groups is 2. The van der Waals surface area contributed by atoms with Gasteiger partial charge in [0.2, 0.25) is 0 Å². The second kappa shape index (κ2) is 7.98. The first-order chi connectivity index (χ1) is 7.36. The molecule has 2 atom stereocenters. The number of aliphatic hydroxyl groups excluding tert-OH is 2. The van der Waals surface area contributed by atoms with Crippen molar-refractivity contribution in [3.8, 4) is 0 Å². The molecule has 2 rings (SSSR count). The Kier molecular flexibility index (Phi) is 6.82. The van der Waals surface area contributed by atoms with E-state index in [9.17, 15) is 0 Å². The van der Waals surface area contributed by atoms with E-state index in [1.807, 2.05) is 0 Å². The van der Waals surface area contributed by atoms with Crippen LogP contribution in [0.25, 0.3) is 0 Å². The van der Waals surface area contributed by atoms with Crippen LogP contribution in [0.2, 0.25) is 0 Å². The molecule has 2 saturated heterocycles. The lowest BCUT2D eigenvalue weighted by Crippen LogP contribution is -2.23. The van der Waals surface area contributed by atoms with Crippen LogP contribution in [-0.4, -0.2) is 48.7 Å². The molecule has 0 spiro atoms. The molecule has 2 aliphatic heterocycles. The Morgan fingerprint density at radius 2 is 2.13 bits per heavy atom. The van der Waals surface area contributed by atoms with Crippen molar-refractivity contribution in [1.82, 2.24) is 11.0 Å². The van der Waals surface area contributed by atoms with Gasteiger partial charge in [-0.2, -0.15) is 5.48 Å². The maximum atomic E-state index is 8.42. The summed E-state index contributed by atoms with van der Waals surface area (Å²) in [7, 11) is 0. The minimum atomic E-state index is 0.181. The van der Waals surface area contributed by atoms with Gasteiger partial charge in [0, 0.05) is 13.2 Å². The summed E-state index contributed by atoms with van der Waals surface area (Å²) in [6, 6.07) is 0.181. The highest BCUT2D eigenvalue weighted by molar-refractivity contribution is 4.63. The van der Waals surface area contributed by atoms with E-state index in [1.165, 1.54) is 0 Å². The molecule has 15 heavy (non-hydrogen) atoms. The summed E-state index contributed by atoms with van der Waals surface area (Å²) in [5.74, 6) is 0. The van der Waals surface area contributed by atoms with E-state index in [4.69, 9.17) is 19.9 Å². The van der Waals surface area contributed by atoms with Crippen LogP contribution in [0.1, 0.15) is 19.3 Å². The summed E-state index contributed by atoms with van der Waals surface area (Å²) >= 11 is 0. The molecule has 6 heteroatoms. The van der Waals surface area contributed by atoms with Gasteiger partial charge in [-0.05, 0) is 19.3 Å². The smallest absolute Gasteiger partial charge is 0.0825 e. The van der Waals surface area contributed by atoms with E-state index < -0.39 is 0 Å². The first kappa shape index (κ1) is 12.8. The van der Waals surface area contributed by atoms with Crippen LogP contribution in [-0.2, 0) is 9.68 Å². The minimum Gasteiger partial charge on any atom is -0.396 e. The zero-order valence-corrected chi connectivity index (χ0v) is 8.82. The monoisotopic (exact) mass is 220 g/mol. The lowest BCUT2D eigenvalue weighted by atomic mass is 10.2. The molecule has 0 aromatic rings. The molecular weight excluding hydrogens is 200 g/mol. The third kappa shape index (κ3) is 5.41. The van der Waals surface area contributed by atoms with Crippen LogP contribution in [0.5, 0.6) is 0 Å². The van der Waals surface area contributed by atoms with E-state index in [0.29, 0.717) is 0 Å². The molecule has 4 N–H and O–H groups in total. The van der Waals surface area contributed by atoms with Crippen molar-refractivity contribution in [2.45, 2.75) is 31.4 Å². The number of hydrogen-bond donors (Lipinski definition) is 4. The Hall–Kier alpha value is -0.240. The summed E-state index contributed by atoms with van der Waals surface area (Å²) in [5, 5.41) is 16.8. The third-order valence-corrected chi connectivity index (χ3v) is 2.31. The van der Waals surface area contributed by atoms with Gasteiger partial charge in [0.25, 0.3) is 0 Å². The minimum absolute atomic E-state index is 0.181. The van der Waals surface area contributed by atoms with Gasteiger partial charge in [0.05, 0.1) is 25.4 Å². The van der Waals surface area contributed by atoms with Gasteiger partial charge >= 0.3 is 0 Å². The van der Waals surface area contributed by atoms with Crippen LogP contribution >= 0.6 is 0 Å². The quantitative estimate of drug-likeness (QED) is 0.485. The Morgan fingerprint density at radius 3 is 2.53 bits per heavy atom. The number of rotatable bonds is 3. The molecule has 0 bridgehead atoms. The lowest BCUT2D eigenvalue weighted by Gasteiger charge is -2.02. The van der Waals surface area contributed by atoms with Gasteiger partial charge in [-0.1, -0.05) is 0 Å². The van der Waals surface area contributed by atoms with E-state index in [-0.39, 0.29) is 25.4 Å². The van der Waals surface area contributed by atoms with Crippen LogP contribution < -0.4 is 11.0 Å².